The molecule has 2 unspecified atom stereocenters. The molecule has 0 saturated carbocycles. The molecule has 1 heterocycles. The Morgan fingerprint density at radius 1 is 1.61 bits per heavy atom. The Morgan fingerprint density at radius 2 is 2.39 bits per heavy atom. The van der Waals surface area contributed by atoms with Gasteiger partial charge in [0.15, 0.2) is 0 Å². The van der Waals surface area contributed by atoms with Crippen molar-refractivity contribution >= 4 is 11.4 Å². The van der Waals surface area contributed by atoms with E-state index in [0.29, 0.717) is 18.2 Å². The second-order valence-corrected chi connectivity index (χ2v) is 4.42. The first-order valence-electron chi connectivity index (χ1n) is 5.87. The summed E-state index contributed by atoms with van der Waals surface area (Å²) in [6, 6.07) is 3.54. The average molecular weight is 254 g/mol. The van der Waals surface area contributed by atoms with Crippen LogP contribution in [0, 0.1) is 21.8 Å². The molecule has 1 aromatic rings. The van der Waals surface area contributed by atoms with Crippen molar-refractivity contribution in [3.63, 3.8) is 0 Å². The van der Waals surface area contributed by atoms with Crippen molar-refractivity contribution < 1.29 is 14.1 Å². The normalized spacial score (nSPS) is 23.0. The lowest BCUT2D eigenvalue weighted by molar-refractivity contribution is -0.384. The summed E-state index contributed by atoms with van der Waals surface area (Å²) in [7, 11) is 0. The lowest BCUT2D eigenvalue weighted by Gasteiger charge is -2.15. The number of nitrogens with zero attached hydrogens (tertiary/aromatic N) is 1. The fourth-order valence-electron chi connectivity index (χ4n) is 2.09. The molecule has 0 bridgehead atoms. The number of ether oxygens (including phenoxy) is 1. The third-order valence-corrected chi connectivity index (χ3v) is 3.24. The van der Waals surface area contributed by atoms with Crippen LogP contribution >= 0.6 is 0 Å². The molecule has 98 valence electrons. The largest absolute Gasteiger partial charge is 0.379 e. The second-order valence-electron chi connectivity index (χ2n) is 4.42. The summed E-state index contributed by atoms with van der Waals surface area (Å²) in [4.78, 5) is 10.2. The molecule has 0 radical (unpaired) electrons. The highest BCUT2D eigenvalue weighted by Gasteiger charge is 2.24. The molecule has 2 atom stereocenters. The third-order valence-electron chi connectivity index (χ3n) is 3.24. The van der Waals surface area contributed by atoms with Crippen molar-refractivity contribution in [2.24, 2.45) is 5.92 Å². The number of anilines is 1. The van der Waals surface area contributed by atoms with Gasteiger partial charge in [0.1, 0.15) is 11.5 Å². The van der Waals surface area contributed by atoms with Crippen LogP contribution in [0.25, 0.3) is 0 Å². The van der Waals surface area contributed by atoms with Crippen LogP contribution in [0.5, 0.6) is 0 Å². The fraction of sp³-hybridized carbons (Fsp3) is 0.500. The zero-order valence-corrected chi connectivity index (χ0v) is 10.1. The van der Waals surface area contributed by atoms with Crippen LogP contribution in [0.1, 0.15) is 13.3 Å². The highest BCUT2D eigenvalue weighted by Crippen LogP contribution is 2.27. The summed E-state index contributed by atoms with van der Waals surface area (Å²) in [6.45, 7) is 3.30. The van der Waals surface area contributed by atoms with Gasteiger partial charge in [-0.25, -0.2) is 4.39 Å². The monoisotopic (exact) mass is 254 g/mol. The quantitative estimate of drug-likeness (QED) is 0.662. The lowest BCUT2D eigenvalue weighted by Crippen LogP contribution is -2.21. The highest BCUT2D eigenvalue weighted by atomic mass is 19.1. The first-order valence-corrected chi connectivity index (χ1v) is 5.87. The molecule has 0 spiro atoms. The van der Waals surface area contributed by atoms with Crippen molar-refractivity contribution in [1.29, 1.82) is 0 Å². The van der Waals surface area contributed by atoms with Gasteiger partial charge in [-0.2, -0.15) is 0 Å². The number of benzene rings is 1. The summed E-state index contributed by atoms with van der Waals surface area (Å²) in [5.74, 6) is -0.278. The number of nitro benzene ring substituents is 1. The summed E-state index contributed by atoms with van der Waals surface area (Å²) in [6.07, 6.45) is 1.08. The number of nitrogens with one attached hydrogen (secondary N) is 1. The number of hydrogen-bond acceptors (Lipinski definition) is 4. The van der Waals surface area contributed by atoms with Crippen molar-refractivity contribution in [2.45, 2.75) is 19.4 Å². The van der Waals surface area contributed by atoms with E-state index in [9.17, 15) is 14.5 Å². The number of hydrogen-bond donors (Lipinski definition) is 1. The number of rotatable bonds is 4. The van der Waals surface area contributed by atoms with E-state index in [1.807, 2.05) is 6.92 Å². The standard InChI is InChI=1S/C12H15FN2O3/c1-8-9(4-5-18-8)7-14-11-3-2-10(13)6-12(11)15(16)17/h2-3,6,8-9,14H,4-5,7H2,1H3. The van der Waals surface area contributed by atoms with Gasteiger partial charge in [0.2, 0.25) is 0 Å². The topological polar surface area (TPSA) is 64.4 Å². The Hall–Kier alpha value is -1.69. The fourth-order valence-corrected chi connectivity index (χ4v) is 2.09. The predicted molar refractivity (Wildman–Crippen MR) is 65.1 cm³/mol. The van der Waals surface area contributed by atoms with Gasteiger partial charge >= 0.3 is 0 Å². The Bertz CT molecular complexity index is 453. The minimum atomic E-state index is -0.607. The van der Waals surface area contributed by atoms with E-state index < -0.39 is 10.7 Å². The van der Waals surface area contributed by atoms with Crippen LogP contribution in [-0.2, 0) is 4.74 Å². The maximum atomic E-state index is 13.0. The Balaban J connectivity index is 2.06. The molecule has 2 rings (SSSR count). The van der Waals surface area contributed by atoms with Crippen molar-refractivity contribution in [1.82, 2.24) is 0 Å². The molecule has 0 aromatic heterocycles. The van der Waals surface area contributed by atoms with Gasteiger partial charge in [0, 0.05) is 19.1 Å². The molecule has 1 N–H and O–H groups in total. The van der Waals surface area contributed by atoms with Crippen molar-refractivity contribution in [2.75, 3.05) is 18.5 Å². The van der Waals surface area contributed by atoms with E-state index >= 15 is 0 Å². The molecule has 1 saturated heterocycles. The molecule has 1 aliphatic rings. The van der Waals surface area contributed by atoms with E-state index in [0.717, 1.165) is 19.1 Å². The zero-order valence-electron chi connectivity index (χ0n) is 10.1. The van der Waals surface area contributed by atoms with Gasteiger partial charge in [0.25, 0.3) is 5.69 Å². The molecule has 0 aliphatic carbocycles. The van der Waals surface area contributed by atoms with E-state index in [-0.39, 0.29) is 11.8 Å². The Kier molecular flexibility index (Phi) is 3.76. The SMILES string of the molecule is CC1OCCC1CNc1ccc(F)cc1[N+](=O)[O-]. The van der Waals surface area contributed by atoms with Crippen LogP contribution < -0.4 is 5.32 Å². The second kappa shape index (κ2) is 5.30. The molecule has 18 heavy (non-hydrogen) atoms. The van der Waals surface area contributed by atoms with Gasteiger partial charge < -0.3 is 10.1 Å². The maximum Gasteiger partial charge on any atom is 0.295 e. The van der Waals surface area contributed by atoms with Crippen molar-refractivity contribution in [3.8, 4) is 0 Å². The first kappa shape index (κ1) is 12.8. The van der Waals surface area contributed by atoms with E-state index in [1.54, 1.807) is 0 Å². The molecular formula is C12H15FN2O3. The van der Waals surface area contributed by atoms with E-state index in [4.69, 9.17) is 4.74 Å². The lowest BCUT2D eigenvalue weighted by atomic mass is 10.0. The predicted octanol–water partition coefficient (Wildman–Crippen LogP) is 2.57. The van der Waals surface area contributed by atoms with E-state index in [2.05, 4.69) is 5.32 Å². The maximum absolute atomic E-state index is 13.0. The molecule has 6 heteroatoms. The minimum absolute atomic E-state index is 0.150. The molecule has 0 amide bonds. The Morgan fingerprint density at radius 3 is 3.00 bits per heavy atom. The van der Waals surface area contributed by atoms with Gasteiger partial charge in [-0.1, -0.05) is 0 Å². The highest BCUT2D eigenvalue weighted by molar-refractivity contribution is 5.61. The van der Waals surface area contributed by atoms with Crippen LogP contribution in [-0.4, -0.2) is 24.2 Å². The molecule has 1 fully saturated rings. The zero-order chi connectivity index (χ0) is 13.1. The van der Waals surface area contributed by atoms with Crippen LogP contribution in [0.3, 0.4) is 0 Å². The number of nitro groups is 1. The van der Waals surface area contributed by atoms with Gasteiger partial charge in [-0.05, 0) is 25.5 Å². The first-order chi connectivity index (χ1) is 8.58. The Labute approximate surface area is 104 Å². The van der Waals surface area contributed by atoms with Crippen LogP contribution in [0.2, 0.25) is 0 Å². The van der Waals surface area contributed by atoms with Gasteiger partial charge in [-0.3, -0.25) is 10.1 Å². The molecular weight excluding hydrogens is 239 g/mol. The molecule has 5 nitrogen and oxygen atoms in total. The summed E-state index contributed by atoms with van der Waals surface area (Å²) < 4.78 is 18.4. The summed E-state index contributed by atoms with van der Waals surface area (Å²) >= 11 is 0. The smallest absolute Gasteiger partial charge is 0.295 e. The van der Waals surface area contributed by atoms with E-state index in [1.165, 1.54) is 12.1 Å². The van der Waals surface area contributed by atoms with Gasteiger partial charge in [0.05, 0.1) is 17.1 Å². The van der Waals surface area contributed by atoms with Crippen LogP contribution in [0.15, 0.2) is 18.2 Å². The van der Waals surface area contributed by atoms with Crippen LogP contribution in [0.4, 0.5) is 15.8 Å². The van der Waals surface area contributed by atoms with Gasteiger partial charge in [-0.15, -0.1) is 0 Å². The molecule has 1 aliphatic heterocycles. The summed E-state index contributed by atoms with van der Waals surface area (Å²) in [5, 5.41) is 13.8. The minimum Gasteiger partial charge on any atom is -0.379 e. The summed E-state index contributed by atoms with van der Waals surface area (Å²) in [5.41, 5.74) is 0.113. The number of halogens is 1. The average Bonchev–Trinajstić information content (AvgIpc) is 2.73. The molecule has 1 aromatic carbocycles. The third kappa shape index (κ3) is 2.76. The van der Waals surface area contributed by atoms with Crippen molar-refractivity contribution in [3.05, 3.63) is 34.1 Å².